The van der Waals surface area contributed by atoms with E-state index < -0.39 is 28.5 Å². The minimum absolute atomic E-state index is 0.0137. The van der Waals surface area contributed by atoms with Crippen LogP contribution in [0.3, 0.4) is 0 Å². The summed E-state index contributed by atoms with van der Waals surface area (Å²) in [4.78, 5) is 24.6. The van der Waals surface area contributed by atoms with E-state index in [2.05, 4.69) is 5.32 Å². The van der Waals surface area contributed by atoms with E-state index in [0.29, 0.717) is 27.8 Å². The molecule has 0 saturated heterocycles. The number of nitrogens with one attached hydrogen (secondary N) is 1. The molecule has 0 radical (unpaired) electrons. The van der Waals surface area contributed by atoms with Crippen LogP contribution in [0, 0.1) is 0 Å². The molecule has 1 N–H and O–H groups in total. The molecule has 0 bridgehead atoms. The summed E-state index contributed by atoms with van der Waals surface area (Å²) in [5.41, 5.74) is 1.94. The SMILES string of the molecule is C[C@H]1Cc2ccccc2N1S(=O)(=O)c1cccc(C(=O)OCC(=O)Nc2cc(Cl)cc(Cl)c2)c1. The summed E-state index contributed by atoms with van der Waals surface area (Å²) >= 11 is 11.8. The van der Waals surface area contributed by atoms with Gasteiger partial charge in [-0.25, -0.2) is 13.2 Å². The van der Waals surface area contributed by atoms with Gasteiger partial charge in [-0.15, -0.1) is 0 Å². The Balaban J connectivity index is 1.47. The Labute approximate surface area is 207 Å². The van der Waals surface area contributed by atoms with Crippen LogP contribution in [0.1, 0.15) is 22.8 Å². The van der Waals surface area contributed by atoms with Gasteiger partial charge in [-0.2, -0.15) is 0 Å². The molecule has 0 saturated carbocycles. The van der Waals surface area contributed by atoms with Crippen molar-refractivity contribution in [2.24, 2.45) is 0 Å². The number of rotatable bonds is 6. The summed E-state index contributed by atoms with van der Waals surface area (Å²) < 4.78 is 33.2. The maximum Gasteiger partial charge on any atom is 0.338 e. The molecule has 1 aliphatic heterocycles. The van der Waals surface area contributed by atoms with Gasteiger partial charge in [0.25, 0.3) is 15.9 Å². The summed E-state index contributed by atoms with van der Waals surface area (Å²) in [5.74, 6) is -1.43. The van der Waals surface area contributed by atoms with E-state index in [1.165, 1.54) is 46.8 Å². The van der Waals surface area contributed by atoms with Crippen molar-refractivity contribution in [3.05, 3.63) is 87.9 Å². The Morgan fingerprint density at radius 1 is 1.03 bits per heavy atom. The molecule has 1 atom stereocenters. The normalized spacial score (nSPS) is 15.0. The summed E-state index contributed by atoms with van der Waals surface area (Å²) in [5, 5.41) is 3.21. The van der Waals surface area contributed by atoms with E-state index in [0.717, 1.165) is 5.56 Å². The number of carbonyl (C=O) groups excluding carboxylic acids is 2. The van der Waals surface area contributed by atoms with Crippen LogP contribution in [-0.4, -0.2) is 32.9 Å². The molecule has 0 spiro atoms. The van der Waals surface area contributed by atoms with Crippen molar-refractivity contribution in [1.29, 1.82) is 0 Å². The quantitative estimate of drug-likeness (QED) is 0.467. The number of sulfonamides is 1. The van der Waals surface area contributed by atoms with Crippen LogP contribution in [0.25, 0.3) is 0 Å². The summed E-state index contributed by atoms with van der Waals surface area (Å²) in [7, 11) is -3.92. The summed E-state index contributed by atoms with van der Waals surface area (Å²) in [6, 6.07) is 17.1. The molecule has 0 aliphatic carbocycles. The smallest absolute Gasteiger partial charge is 0.338 e. The summed E-state index contributed by atoms with van der Waals surface area (Å²) in [6.45, 7) is 1.26. The first-order valence-corrected chi connectivity index (χ1v) is 12.5. The lowest BCUT2D eigenvalue weighted by Gasteiger charge is -2.24. The number of amides is 1. The first-order valence-electron chi connectivity index (χ1n) is 10.3. The molecule has 3 aromatic rings. The molecule has 176 valence electrons. The average molecular weight is 519 g/mol. The average Bonchev–Trinajstić information content (AvgIpc) is 3.13. The number of ether oxygens (including phenoxy) is 1. The molecule has 3 aromatic carbocycles. The number of hydrogen-bond acceptors (Lipinski definition) is 5. The molecular weight excluding hydrogens is 499 g/mol. The zero-order chi connectivity index (χ0) is 24.5. The Morgan fingerprint density at radius 3 is 2.47 bits per heavy atom. The standard InChI is InChI=1S/C24H20Cl2N2O5S/c1-15-9-16-5-2-3-8-22(16)28(15)34(31,32)21-7-4-6-17(10-21)24(30)33-14-23(29)27-20-12-18(25)11-19(26)13-20/h2-8,10-13,15H,9,14H2,1H3,(H,27,29)/t15-/m0/s1. The highest BCUT2D eigenvalue weighted by molar-refractivity contribution is 7.92. The third-order valence-electron chi connectivity index (χ3n) is 5.25. The summed E-state index contributed by atoms with van der Waals surface area (Å²) in [6.07, 6.45) is 0.601. The van der Waals surface area contributed by atoms with Gasteiger partial charge >= 0.3 is 5.97 Å². The second kappa shape index (κ2) is 9.66. The van der Waals surface area contributed by atoms with E-state index in [4.69, 9.17) is 27.9 Å². The topological polar surface area (TPSA) is 92.8 Å². The van der Waals surface area contributed by atoms with Crippen molar-refractivity contribution in [2.45, 2.75) is 24.3 Å². The van der Waals surface area contributed by atoms with Crippen molar-refractivity contribution in [2.75, 3.05) is 16.2 Å². The van der Waals surface area contributed by atoms with E-state index in [1.807, 2.05) is 19.1 Å². The predicted octanol–water partition coefficient (Wildman–Crippen LogP) is 4.93. The third-order valence-corrected chi connectivity index (χ3v) is 7.61. The number of carbonyl (C=O) groups is 2. The molecule has 1 aliphatic rings. The maximum absolute atomic E-state index is 13.4. The third kappa shape index (κ3) is 5.04. The molecular formula is C24H20Cl2N2O5S. The first kappa shape index (κ1) is 24.1. The van der Waals surface area contributed by atoms with E-state index in [-0.39, 0.29) is 16.5 Å². The van der Waals surface area contributed by atoms with Crippen LogP contribution in [0.4, 0.5) is 11.4 Å². The fourth-order valence-corrected chi connectivity index (χ4v) is 6.10. The van der Waals surface area contributed by atoms with Crippen LogP contribution >= 0.6 is 23.2 Å². The minimum atomic E-state index is -3.92. The molecule has 1 heterocycles. The van der Waals surface area contributed by atoms with E-state index in [1.54, 1.807) is 12.1 Å². The molecule has 4 rings (SSSR count). The lowest BCUT2D eigenvalue weighted by Crippen LogP contribution is -2.35. The lowest BCUT2D eigenvalue weighted by atomic mass is 10.1. The van der Waals surface area contributed by atoms with Crippen molar-refractivity contribution in [3.63, 3.8) is 0 Å². The van der Waals surface area contributed by atoms with Gasteiger partial charge in [0, 0.05) is 21.8 Å². The second-order valence-electron chi connectivity index (χ2n) is 7.79. The minimum Gasteiger partial charge on any atom is -0.452 e. The van der Waals surface area contributed by atoms with Crippen LogP contribution in [0.15, 0.2) is 71.6 Å². The van der Waals surface area contributed by atoms with Crippen molar-refractivity contribution in [1.82, 2.24) is 0 Å². The van der Waals surface area contributed by atoms with Crippen molar-refractivity contribution in [3.8, 4) is 0 Å². The Hall–Kier alpha value is -3.07. The van der Waals surface area contributed by atoms with Gasteiger partial charge in [-0.05, 0) is 61.4 Å². The van der Waals surface area contributed by atoms with E-state index in [9.17, 15) is 18.0 Å². The molecule has 34 heavy (non-hydrogen) atoms. The van der Waals surface area contributed by atoms with Gasteiger partial charge in [0.1, 0.15) is 0 Å². The Kier molecular flexibility index (Phi) is 6.84. The van der Waals surface area contributed by atoms with Gasteiger partial charge in [0.05, 0.1) is 16.1 Å². The van der Waals surface area contributed by atoms with Gasteiger partial charge < -0.3 is 10.1 Å². The van der Waals surface area contributed by atoms with Crippen LogP contribution in [-0.2, 0) is 26.0 Å². The van der Waals surface area contributed by atoms with Crippen LogP contribution in [0.5, 0.6) is 0 Å². The number of fused-ring (bicyclic) bond motifs is 1. The number of benzene rings is 3. The van der Waals surface area contributed by atoms with Crippen molar-refractivity contribution >= 4 is 56.5 Å². The fraction of sp³-hybridized carbons (Fsp3) is 0.167. The fourth-order valence-electron chi connectivity index (χ4n) is 3.84. The zero-order valence-electron chi connectivity index (χ0n) is 18.0. The Bertz CT molecular complexity index is 1360. The van der Waals surface area contributed by atoms with Gasteiger partial charge in [-0.1, -0.05) is 47.5 Å². The number of nitrogens with zero attached hydrogens (tertiary/aromatic N) is 1. The van der Waals surface area contributed by atoms with Crippen molar-refractivity contribution < 1.29 is 22.7 Å². The van der Waals surface area contributed by atoms with Crippen LogP contribution in [0.2, 0.25) is 10.0 Å². The van der Waals surface area contributed by atoms with Gasteiger partial charge in [0.15, 0.2) is 6.61 Å². The number of esters is 1. The van der Waals surface area contributed by atoms with E-state index >= 15 is 0 Å². The number of para-hydroxylation sites is 1. The predicted molar refractivity (Wildman–Crippen MR) is 131 cm³/mol. The van der Waals surface area contributed by atoms with Gasteiger partial charge in [0.2, 0.25) is 0 Å². The van der Waals surface area contributed by atoms with Crippen LogP contribution < -0.4 is 9.62 Å². The zero-order valence-corrected chi connectivity index (χ0v) is 20.3. The molecule has 1 amide bonds. The highest BCUT2D eigenvalue weighted by atomic mass is 35.5. The highest BCUT2D eigenvalue weighted by Gasteiger charge is 2.36. The molecule has 0 aromatic heterocycles. The Morgan fingerprint density at radius 2 is 1.74 bits per heavy atom. The maximum atomic E-state index is 13.4. The lowest BCUT2D eigenvalue weighted by molar-refractivity contribution is -0.119. The largest absolute Gasteiger partial charge is 0.452 e. The molecule has 10 heteroatoms. The molecule has 0 unspecified atom stereocenters. The second-order valence-corrected chi connectivity index (χ2v) is 10.5. The number of halogens is 2. The number of anilines is 2. The first-order chi connectivity index (χ1) is 16.1. The monoisotopic (exact) mass is 518 g/mol. The molecule has 7 nitrogen and oxygen atoms in total. The highest BCUT2D eigenvalue weighted by Crippen LogP contribution is 2.36. The number of hydrogen-bond donors (Lipinski definition) is 1. The van der Waals surface area contributed by atoms with Gasteiger partial charge in [-0.3, -0.25) is 9.10 Å². The molecule has 0 fully saturated rings.